The molecule has 2 heterocycles. The lowest BCUT2D eigenvalue weighted by molar-refractivity contribution is 0.0942. The third-order valence-electron chi connectivity index (χ3n) is 9.22. The number of aromatic nitrogens is 2. The van der Waals surface area contributed by atoms with Crippen LogP contribution >= 0.6 is 0 Å². The van der Waals surface area contributed by atoms with Gasteiger partial charge in [0.05, 0.1) is 55.0 Å². The van der Waals surface area contributed by atoms with Crippen molar-refractivity contribution >= 4 is 11.8 Å². The van der Waals surface area contributed by atoms with E-state index in [9.17, 15) is 24.9 Å². The predicted molar refractivity (Wildman–Crippen MR) is 214 cm³/mol. The summed E-state index contributed by atoms with van der Waals surface area (Å²) in [5.41, 5.74) is 9.42. The lowest BCUT2D eigenvalue weighted by Crippen LogP contribution is -2.23. The summed E-state index contributed by atoms with van der Waals surface area (Å²) >= 11 is 0. The molecule has 6 aromatic rings. The Morgan fingerprint density at radius 2 is 0.982 bits per heavy atom. The van der Waals surface area contributed by atoms with Crippen LogP contribution in [-0.4, -0.2) is 44.2 Å². The molecular formula is C45H40N6O6. The highest BCUT2D eigenvalue weighted by Crippen LogP contribution is 2.26. The summed E-state index contributed by atoms with van der Waals surface area (Å²) in [6.07, 6.45) is 3.17. The van der Waals surface area contributed by atoms with Crippen LogP contribution in [0, 0.1) is 36.5 Å². The Morgan fingerprint density at radius 3 is 1.35 bits per heavy atom. The van der Waals surface area contributed by atoms with Crippen LogP contribution in [0.25, 0.3) is 22.3 Å². The monoisotopic (exact) mass is 760 g/mol. The van der Waals surface area contributed by atoms with Crippen LogP contribution in [0.4, 0.5) is 0 Å². The van der Waals surface area contributed by atoms with Gasteiger partial charge in [0.25, 0.3) is 11.8 Å². The highest BCUT2D eigenvalue weighted by atomic mass is 16.5. The SMILES string of the molecule is COc1c(C)ncc(CNC(=O)c2ccc(-c3ccc(C#N)cc3)cc2)c1CO.Cc1ncc(CNC(=O)c2ccc(-c3ccc(C#N)cc3)cc2)c(CO)c1O. The summed E-state index contributed by atoms with van der Waals surface area (Å²) in [7, 11) is 1.53. The number of nitrogens with one attached hydrogen (secondary N) is 2. The fourth-order valence-electron chi connectivity index (χ4n) is 5.94. The third kappa shape index (κ3) is 10.0. The van der Waals surface area contributed by atoms with Crippen molar-refractivity contribution in [1.29, 1.82) is 10.5 Å². The first-order valence-electron chi connectivity index (χ1n) is 17.8. The molecule has 12 heteroatoms. The van der Waals surface area contributed by atoms with E-state index in [1.54, 1.807) is 68.6 Å². The molecule has 0 aliphatic rings. The number of aliphatic hydroxyl groups excluding tert-OH is 2. The summed E-state index contributed by atoms with van der Waals surface area (Å²) in [6, 6.07) is 33.1. The van der Waals surface area contributed by atoms with Gasteiger partial charge in [-0.05, 0) is 95.8 Å². The average molecular weight is 761 g/mol. The Balaban J connectivity index is 0.000000218. The van der Waals surface area contributed by atoms with Crippen LogP contribution in [0.5, 0.6) is 11.5 Å². The molecule has 0 radical (unpaired) electrons. The number of benzene rings is 4. The molecule has 0 saturated heterocycles. The predicted octanol–water partition coefficient (Wildman–Crippen LogP) is 6.42. The number of pyridine rings is 2. The van der Waals surface area contributed by atoms with Crippen molar-refractivity contribution in [2.75, 3.05) is 7.11 Å². The minimum Gasteiger partial charge on any atom is -0.506 e. The maximum Gasteiger partial charge on any atom is 0.251 e. The van der Waals surface area contributed by atoms with Crippen molar-refractivity contribution in [3.8, 4) is 45.9 Å². The van der Waals surface area contributed by atoms with Crippen LogP contribution < -0.4 is 15.4 Å². The first kappa shape index (κ1) is 40.8. The molecule has 12 nitrogen and oxygen atoms in total. The molecule has 2 aromatic heterocycles. The van der Waals surface area contributed by atoms with Gasteiger partial charge in [0.2, 0.25) is 0 Å². The van der Waals surface area contributed by atoms with Gasteiger partial charge < -0.3 is 30.7 Å². The van der Waals surface area contributed by atoms with Crippen molar-refractivity contribution in [1.82, 2.24) is 20.6 Å². The molecule has 6 rings (SSSR count). The average Bonchev–Trinajstić information content (AvgIpc) is 3.26. The second kappa shape index (κ2) is 19.3. The molecule has 0 unspecified atom stereocenters. The Hall–Kier alpha value is -7.38. The molecular weight excluding hydrogens is 721 g/mol. The van der Waals surface area contributed by atoms with Gasteiger partial charge in [0.1, 0.15) is 11.5 Å². The largest absolute Gasteiger partial charge is 0.506 e. The number of carbonyl (C=O) groups is 2. The molecule has 57 heavy (non-hydrogen) atoms. The number of hydrogen-bond acceptors (Lipinski definition) is 10. The lowest BCUT2D eigenvalue weighted by Gasteiger charge is -2.14. The van der Waals surface area contributed by atoms with Crippen molar-refractivity contribution in [2.24, 2.45) is 0 Å². The summed E-state index contributed by atoms with van der Waals surface area (Å²) < 4.78 is 5.32. The van der Waals surface area contributed by atoms with E-state index < -0.39 is 0 Å². The summed E-state index contributed by atoms with van der Waals surface area (Å²) in [4.78, 5) is 33.2. The quantitative estimate of drug-likeness (QED) is 0.0982. The number of methoxy groups -OCH3 is 1. The van der Waals surface area contributed by atoms with Gasteiger partial charge >= 0.3 is 0 Å². The Morgan fingerprint density at radius 1 is 0.614 bits per heavy atom. The van der Waals surface area contributed by atoms with Gasteiger partial charge in [0, 0.05) is 47.7 Å². The number of aryl methyl sites for hydroxylation is 2. The number of ether oxygens (including phenoxy) is 1. The second-order valence-electron chi connectivity index (χ2n) is 12.8. The molecule has 0 aliphatic heterocycles. The van der Waals surface area contributed by atoms with E-state index >= 15 is 0 Å². The van der Waals surface area contributed by atoms with Gasteiger partial charge in [-0.1, -0.05) is 48.5 Å². The fraction of sp³-hybridized carbons (Fsp3) is 0.156. The van der Waals surface area contributed by atoms with Crippen molar-refractivity contribution in [2.45, 2.75) is 40.2 Å². The number of aliphatic hydroxyl groups is 2. The van der Waals surface area contributed by atoms with Crippen LogP contribution in [0.15, 0.2) is 109 Å². The maximum absolute atomic E-state index is 12.5. The van der Waals surface area contributed by atoms with Crippen molar-refractivity contribution in [3.63, 3.8) is 0 Å². The third-order valence-corrected chi connectivity index (χ3v) is 9.22. The first-order chi connectivity index (χ1) is 27.6. The van der Waals surface area contributed by atoms with Gasteiger partial charge in [-0.2, -0.15) is 10.5 Å². The van der Waals surface area contributed by atoms with E-state index in [1.807, 2.05) is 48.5 Å². The smallest absolute Gasteiger partial charge is 0.251 e. The standard InChI is InChI=1S/C23H21N3O3.C22H19N3O3/c1-15-22(29-2)21(14-27)20(12-25-15)13-26-23(28)19-9-7-18(8-10-19)17-5-3-16(11-24)4-6-17;1-14-21(27)20(13-26)19(11-24-14)12-25-22(28)18-8-6-17(7-9-18)16-4-2-15(10-23)3-5-16/h3-10,12,27H,13-14H2,1-2H3,(H,26,28);2-9,11,26-27H,12-13H2,1H3,(H,25,28). The number of amides is 2. The van der Waals surface area contributed by atoms with E-state index in [2.05, 4.69) is 32.7 Å². The Labute approximate surface area is 330 Å². The first-order valence-corrected chi connectivity index (χ1v) is 17.8. The molecule has 0 fully saturated rings. The second-order valence-corrected chi connectivity index (χ2v) is 12.8. The van der Waals surface area contributed by atoms with E-state index in [-0.39, 0.29) is 43.9 Å². The van der Waals surface area contributed by atoms with Gasteiger partial charge in [-0.15, -0.1) is 0 Å². The van der Waals surface area contributed by atoms with Crippen molar-refractivity contribution < 1.29 is 29.6 Å². The van der Waals surface area contributed by atoms with Crippen LogP contribution in [0.2, 0.25) is 0 Å². The number of aromatic hydroxyl groups is 1. The topological polar surface area (TPSA) is 201 Å². The van der Waals surface area contributed by atoms with Crippen LogP contribution in [-0.2, 0) is 26.3 Å². The van der Waals surface area contributed by atoms with E-state index in [1.165, 1.54) is 13.3 Å². The molecule has 0 saturated carbocycles. The Kier molecular flexibility index (Phi) is 13.8. The normalized spacial score (nSPS) is 10.3. The van der Waals surface area contributed by atoms with E-state index in [0.717, 1.165) is 22.3 Å². The van der Waals surface area contributed by atoms with E-state index in [0.29, 0.717) is 61.6 Å². The molecule has 0 bridgehead atoms. The molecule has 0 spiro atoms. The highest BCUT2D eigenvalue weighted by molar-refractivity contribution is 5.95. The minimum atomic E-state index is -0.334. The number of carbonyl (C=O) groups excluding carboxylic acids is 2. The summed E-state index contributed by atoms with van der Waals surface area (Å²) in [6.45, 7) is 3.29. The molecule has 0 aliphatic carbocycles. The van der Waals surface area contributed by atoms with Crippen molar-refractivity contribution in [3.05, 3.63) is 165 Å². The number of nitriles is 2. The number of hydrogen-bond donors (Lipinski definition) is 5. The summed E-state index contributed by atoms with van der Waals surface area (Å²) in [5, 5.41) is 52.5. The molecule has 0 atom stereocenters. The molecule has 4 aromatic carbocycles. The van der Waals surface area contributed by atoms with Crippen LogP contribution in [0.1, 0.15) is 65.5 Å². The van der Waals surface area contributed by atoms with Crippen LogP contribution in [0.3, 0.4) is 0 Å². The zero-order valence-electron chi connectivity index (χ0n) is 31.6. The molecule has 2 amide bonds. The fourth-order valence-corrected chi connectivity index (χ4v) is 5.94. The number of rotatable bonds is 11. The van der Waals surface area contributed by atoms with Gasteiger partial charge in [-0.25, -0.2) is 0 Å². The summed E-state index contributed by atoms with van der Waals surface area (Å²) in [5.74, 6) is -0.0119. The zero-order chi connectivity index (χ0) is 40.9. The van der Waals surface area contributed by atoms with E-state index in [4.69, 9.17) is 15.3 Å². The van der Waals surface area contributed by atoms with Gasteiger partial charge in [-0.3, -0.25) is 19.6 Å². The van der Waals surface area contributed by atoms with Gasteiger partial charge in [0.15, 0.2) is 0 Å². The highest BCUT2D eigenvalue weighted by Gasteiger charge is 2.15. The lowest BCUT2D eigenvalue weighted by atomic mass is 10.0. The maximum atomic E-state index is 12.5. The number of nitrogens with zero attached hydrogens (tertiary/aromatic N) is 4. The molecule has 286 valence electrons. The Bertz CT molecular complexity index is 2440. The minimum absolute atomic E-state index is 0.0546. The zero-order valence-corrected chi connectivity index (χ0v) is 31.6. The molecule has 5 N–H and O–H groups in total.